The van der Waals surface area contributed by atoms with Crippen LogP contribution in [-0.4, -0.2) is 36.2 Å². The molecule has 0 bridgehead atoms. The molecule has 0 saturated heterocycles. The lowest BCUT2D eigenvalue weighted by Gasteiger charge is -2.27. The van der Waals surface area contributed by atoms with E-state index in [0.717, 1.165) is 18.4 Å². The van der Waals surface area contributed by atoms with Gasteiger partial charge in [-0.05, 0) is 42.4 Å². The minimum atomic E-state index is -4.53. The number of aromatic nitrogens is 2. The molecule has 4 rings (SSSR count). The fraction of sp³-hybridized carbons (Fsp3) is 0.500. The van der Waals surface area contributed by atoms with Gasteiger partial charge in [0.2, 0.25) is 10.0 Å². The van der Waals surface area contributed by atoms with Crippen molar-refractivity contribution in [1.82, 2.24) is 10.2 Å². The number of halogens is 3. The van der Waals surface area contributed by atoms with Crippen LogP contribution in [0.15, 0.2) is 22.7 Å². The molecule has 0 aliphatic heterocycles. The number of nitrogens with one attached hydrogen (secondary N) is 1. The van der Waals surface area contributed by atoms with Gasteiger partial charge in [-0.3, -0.25) is 5.10 Å². The SMILES string of the molecule is CS(=O)(=O)/N=C/C1[C@H]2C[C@](O)(c3cc(C(F)(F)F)cc4[nH]ncc34)C[C@@H]12. The van der Waals surface area contributed by atoms with Crippen molar-refractivity contribution in [3.05, 3.63) is 29.5 Å². The van der Waals surface area contributed by atoms with Crippen LogP contribution >= 0.6 is 0 Å². The van der Waals surface area contributed by atoms with Gasteiger partial charge in [-0.1, -0.05) is 0 Å². The molecule has 10 heteroatoms. The highest BCUT2D eigenvalue weighted by Crippen LogP contribution is 2.63. The summed E-state index contributed by atoms with van der Waals surface area (Å²) in [5.74, 6) is -0.0281. The highest BCUT2D eigenvalue weighted by Gasteiger charge is 2.61. The summed E-state index contributed by atoms with van der Waals surface area (Å²) in [4.78, 5) is 0. The Labute approximate surface area is 147 Å². The van der Waals surface area contributed by atoms with Crippen LogP contribution in [0.25, 0.3) is 10.9 Å². The summed E-state index contributed by atoms with van der Waals surface area (Å²) in [5.41, 5.74) is -1.80. The lowest BCUT2D eigenvalue weighted by Crippen LogP contribution is -2.26. The number of rotatable bonds is 3. The van der Waals surface area contributed by atoms with E-state index in [1.165, 1.54) is 12.4 Å². The first kappa shape index (κ1) is 17.5. The number of benzene rings is 1. The molecule has 26 heavy (non-hydrogen) atoms. The van der Waals surface area contributed by atoms with Gasteiger partial charge in [-0.2, -0.15) is 22.7 Å². The van der Waals surface area contributed by atoms with Crippen molar-refractivity contribution in [2.45, 2.75) is 24.6 Å². The second kappa shape index (κ2) is 5.29. The maximum Gasteiger partial charge on any atom is 0.416 e. The molecule has 2 aliphatic rings. The minimum absolute atomic E-state index is 0.0157. The largest absolute Gasteiger partial charge is 0.416 e. The van der Waals surface area contributed by atoms with Gasteiger partial charge in [-0.15, -0.1) is 0 Å². The van der Waals surface area contributed by atoms with Gasteiger partial charge in [0.1, 0.15) is 0 Å². The molecule has 2 aromatic rings. The topological polar surface area (TPSA) is 95.4 Å². The maximum absolute atomic E-state index is 13.2. The van der Waals surface area contributed by atoms with Crippen molar-refractivity contribution in [2.75, 3.05) is 6.26 Å². The second-order valence-electron chi connectivity index (χ2n) is 7.19. The molecule has 140 valence electrons. The molecular weight excluding hydrogens is 371 g/mol. The van der Waals surface area contributed by atoms with E-state index >= 15 is 0 Å². The van der Waals surface area contributed by atoms with Gasteiger partial charge in [0, 0.05) is 17.5 Å². The Morgan fingerprint density at radius 1 is 1.35 bits per heavy atom. The number of nitrogens with zero attached hydrogens (tertiary/aromatic N) is 2. The van der Waals surface area contributed by atoms with Gasteiger partial charge in [0.05, 0.1) is 29.1 Å². The van der Waals surface area contributed by atoms with E-state index in [2.05, 4.69) is 14.6 Å². The number of hydrogen-bond donors (Lipinski definition) is 2. The van der Waals surface area contributed by atoms with Crippen molar-refractivity contribution in [2.24, 2.45) is 22.2 Å². The molecule has 1 aromatic carbocycles. The Morgan fingerprint density at radius 2 is 2.00 bits per heavy atom. The van der Waals surface area contributed by atoms with E-state index in [-0.39, 0.29) is 41.7 Å². The second-order valence-corrected chi connectivity index (χ2v) is 8.86. The average molecular weight is 387 g/mol. The maximum atomic E-state index is 13.2. The van der Waals surface area contributed by atoms with Crippen molar-refractivity contribution in [3.63, 3.8) is 0 Å². The number of fused-ring (bicyclic) bond motifs is 2. The predicted molar refractivity (Wildman–Crippen MR) is 88.0 cm³/mol. The molecule has 1 unspecified atom stereocenters. The van der Waals surface area contributed by atoms with Gasteiger partial charge < -0.3 is 5.11 Å². The van der Waals surface area contributed by atoms with E-state index in [4.69, 9.17) is 0 Å². The zero-order valence-electron chi connectivity index (χ0n) is 13.7. The fourth-order valence-electron chi connectivity index (χ4n) is 4.13. The third-order valence-corrected chi connectivity index (χ3v) is 5.86. The summed E-state index contributed by atoms with van der Waals surface area (Å²) < 4.78 is 65.3. The van der Waals surface area contributed by atoms with Crippen LogP contribution in [0.3, 0.4) is 0 Å². The minimum Gasteiger partial charge on any atom is -0.385 e. The number of hydrogen-bond acceptors (Lipinski definition) is 4. The monoisotopic (exact) mass is 387 g/mol. The van der Waals surface area contributed by atoms with Crippen LogP contribution in [-0.2, 0) is 21.8 Å². The zero-order valence-corrected chi connectivity index (χ0v) is 14.5. The molecule has 2 aliphatic carbocycles. The Balaban J connectivity index is 1.66. The Bertz CT molecular complexity index is 1000. The third-order valence-electron chi connectivity index (χ3n) is 5.36. The summed E-state index contributed by atoms with van der Waals surface area (Å²) in [6.07, 6.45) is -0.217. The molecule has 2 fully saturated rings. The first-order valence-corrected chi connectivity index (χ1v) is 9.85. The average Bonchev–Trinajstić information content (AvgIpc) is 2.89. The van der Waals surface area contributed by atoms with E-state index in [1.807, 2.05) is 0 Å². The van der Waals surface area contributed by atoms with E-state index in [9.17, 15) is 26.7 Å². The number of H-pyrrole nitrogens is 1. The summed E-state index contributed by atoms with van der Waals surface area (Å²) >= 11 is 0. The normalized spacial score (nSPS) is 31.7. The molecule has 0 amide bonds. The molecular formula is C16H16F3N3O3S. The van der Waals surface area contributed by atoms with Crippen molar-refractivity contribution in [3.8, 4) is 0 Å². The summed E-state index contributed by atoms with van der Waals surface area (Å²) in [7, 11) is -3.46. The molecule has 1 aromatic heterocycles. The lowest BCUT2D eigenvalue weighted by atomic mass is 9.84. The summed E-state index contributed by atoms with van der Waals surface area (Å²) in [5, 5.41) is 17.8. The predicted octanol–water partition coefficient (Wildman–Crippen LogP) is 2.46. The lowest BCUT2D eigenvalue weighted by molar-refractivity contribution is -0.137. The zero-order chi connectivity index (χ0) is 18.9. The molecule has 2 N–H and O–H groups in total. The quantitative estimate of drug-likeness (QED) is 0.791. The summed E-state index contributed by atoms with van der Waals surface area (Å²) in [6.45, 7) is 0. The van der Waals surface area contributed by atoms with E-state index in [1.54, 1.807) is 0 Å². The first-order chi connectivity index (χ1) is 12.0. The van der Waals surface area contributed by atoms with Gasteiger partial charge in [0.25, 0.3) is 0 Å². The van der Waals surface area contributed by atoms with Crippen molar-refractivity contribution < 1.29 is 26.7 Å². The molecule has 6 nitrogen and oxygen atoms in total. The Kier molecular flexibility index (Phi) is 3.55. The van der Waals surface area contributed by atoms with Gasteiger partial charge >= 0.3 is 6.18 Å². The van der Waals surface area contributed by atoms with Gasteiger partial charge in [-0.25, -0.2) is 8.42 Å². The van der Waals surface area contributed by atoms with Crippen molar-refractivity contribution >= 4 is 27.1 Å². The highest BCUT2D eigenvalue weighted by atomic mass is 32.2. The first-order valence-electron chi connectivity index (χ1n) is 8.01. The highest BCUT2D eigenvalue weighted by molar-refractivity contribution is 7.89. The standard InChI is InChI=1S/C16H16F3N3O3S/c1-26(24,25)21-7-11-9-4-15(23,5-10(9)11)13-2-8(16(17,18)19)3-14-12(13)6-20-22-14/h2-3,6-7,9-11,23H,4-5H2,1H3,(H,20,22)/b21-7+/t9-,10+,11?,15+. The molecule has 1 heterocycles. The number of alkyl halides is 3. The fourth-order valence-corrected chi connectivity index (χ4v) is 4.50. The van der Waals surface area contributed by atoms with E-state index in [0.29, 0.717) is 5.39 Å². The summed E-state index contributed by atoms with van der Waals surface area (Å²) in [6, 6.07) is 1.97. The van der Waals surface area contributed by atoms with Crippen LogP contribution < -0.4 is 0 Å². The van der Waals surface area contributed by atoms with Crippen LogP contribution in [0.2, 0.25) is 0 Å². The number of sulfonamides is 1. The smallest absolute Gasteiger partial charge is 0.385 e. The van der Waals surface area contributed by atoms with Crippen LogP contribution in [0.5, 0.6) is 0 Å². The Morgan fingerprint density at radius 3 is 2.58 bits per heavy atom. The van der Waals surface area contributed by atoms with Crippen LogP contribution in [0.4, 0.5) is 13.2 Å². The van der Waals surface area contributed by atoms with E-state index < -0.39 is 27.4 Å². The molecule has 0 spiro atoms. The van der Waals surface area contributed by atoms with Crippen LogP contribution in [0, 0.1) is 17.8 Å². The van der Waals surface area contributed by atoms with Gasteiger partial charge in [0.15, 0.2) is 0 Å². The van der Waals surface area contributed by atoms with Crippen LogP contribution in [0.1, 0.15) is 24.0 Å². The molecule has 2 saturated carbocycles. The molecule has 4 atom stereocenters. The third kappa shape index (κ3) is 2.90. The number of aromatic amines is 1. The Hall–Kier alpha value is -1.94. The number of aliphatic hydroxyl groups is 1. The molecule has 0 radical (unpaired) electrons. The van der Waals surface area contributed by atoms with Crippen molar-refractivity contribution in [1.29, 1.82) is 0 Å².